The van der Waals surface area contributed by atoms with Gasteiger partial charge in [-0.05, 0) is 25.8 Å². The van der Waals surface area contributed by atoms with Gasteiger partial charge < -0.3 is 40.4 Å². The van der Waals surface area contributed by atoms with E-state index in [1.54, 1.807) is 43.0 Å². The Morgan fingerprint density at radius 3 is 2.58 bits per heavy atom. The second kappa shape index (κ2) is 17.0. The molecule has 13 nitrogen and oxygen atoms in total. The zero-order valence-electron chi connectivity index (χ0n) is 23.5. The summed E-state index contributed by atoms with van der Waals surface area (Å²) in [6.07, 6.45) is -0.291. The molecule has 222 valence electrons. The molecule has 0 spiro atoms. The number of hydrogen-bond donors (Lipinski definition) is 4. The summed E-state index contributed by atoms with van der Waals surface area (Å²) >= 11 is 0. The SMILES string of the molecule is CCCCN(C(=O)[C@H](CC(=O)NCC1CN(C(=N)N)CCO1)NC(=O)OCc1ccccc1)C(C)C(=O)OCC. The van der Waals surface area contributed by atoms with Crippen LogP contribution in [0.4, 0.5) is 4.79 Å². The molecule has 0 aromatic heterocycles. The molecular formula is C27H42N6O7. The lowest BCUT2D eigenvalue weighted by Crippen LogP contribution is -2.55. The van der Waals surface area contributed by atoms with Gasteiger partial charge in [0.1, 0.15) is 18.7 Å². The van der Waals surface area contributed by atoms with Gasteiger partial charge in [-0.3, -0.25) is 15.0 Å². The summed E-state index contributed by atoms with van der Waals surface area (Å²) in [7, 11) is 0. The third-order valence-corrected chi connectivity index (χ3v) is 6.33. The quantitative estimate of drug-likeness (QED) is 0.146. The Bertz CT molecular complexity index is 993. The Balaban J connectivity index is 2.12. The van der Waals surface area contributed by atoms with Crippen molar-refractivity contribution in [3.05, 3.63) is 35.9 Å². The van der Waals surface area contributed by atoms with Crippen molar-refractivity contribution in [3.63, 3.8) is 0 Å². The van der Waals surface area contributed by atoms with Crippen LogP contribution in [0.15, 0.2) is 30.3 Å². The zero-order valence-corrected chi connectivity index (χ0v) is 23.5. The minimum atomic E-state index is -1.29. The first-order valence-corrected chi connectivity index (χ1v) is 13.6. The van der Waals surface area contributed by atoms with E-state index in [0.717, 1.165) is 12.0 Å². The predicted octanol–water partition coefficient (Wildman–Crippen LogP) is 0.962. The summed E-state index contributed by atoms with van der Waals surface area (Å²) in [5.74, 6) is -1.76. The van der Waals surface area contributed by atoms with E-state index < -0.39 is 42.1 Å². The highest BCUT2D eigenvalue weighted by Crippen LogP contribution is 2.11. The first kappa shape index (κ1) is 32.3. The van der Waals surface area contributed by atoms with Crippen LogP contribution in [0, 0.1) is 5.41 Å². The number of nitrogens with one attached hydrogen (secondary N) is 3. The highest BCUT2D eigenvalue weighted by molar-refractivity contribution is 5.93. The summed E-state index contributed by atoms with van der Waals surface area (Å²) in [5.41, 5.74) is 6.31. The van der Waals surface area contributed by atoms with Crippen molar-refractivity contribution >= 4 is 29.8 Å². The van der Waals surface area contributed by atoms with Gasteiger partial charge in [0, 0.05) is 26.2 Å². The second-order valence-corrected chi connectivity index (χ2v) is 9.40. The van der Waals surface area contributed by atoms with Crippen LogP contribution in [-0.2, 0) is 35.2 Å². The van der Waals surface area contributed by atoms with E-state index in [9.17, 15) is 19.2 Å². The van der Waals surface area contributed by atoms with Crippen LogP contribution in [0.1, 0.15) is 45.6 Å². The molecular weight excluding hydrogens is 520 g/mol. The average Bonchev–Trinajstić information content (AvgIpc) is 2.95. The number of rotatable bonds is 14. The van der Waals surface area contributed by atoms with E-state index in [1.807, 2.05) is 13.0 Å². The van der Waals surface area contributed by atoms with Crippen LogP contribution in [0.3, 0.4) is 0 Å². The zero-order chi connectivity index (χ0) is 29.5. The molecule has 1 heterocycles. The number of ether oxygens (including phenoxy) is 3. The van der Waals surface area contributed by atoms with Gasteiger partial charge in [-0.2, -0.15) is 0 Å². The topological polar surface area (TPSA) is 176 Å². The summed E-state index contributed by atoms with van der Waals surface area (Å²) in [6, 6.07) is 6.82. The fraction of sp³-hybridized carbons (Fsp3) is 0.593. The first-order chi connectivity index (χ1) is 19.2. The molecule has 5 N–H and O–H groups in total. The standard InChI is InChI=1S/C27H42N6O7/c1-4-6-12-33(19(3)25(36)38-5-2)24(35)22(31-27(37)40-18-20-10-8-7-9-11-20)15-23(34)30-16-21-17-32(26(28)29)13-14-39-21/h7-11,19,21-22H,4-6,12-18H2,1-3H3,(H3,28,29)(H,30,34)(H,31,37)/t19?,21?,22-/m0/s1. The van der Waals surface area contributed by atoms with E-state index in [0.29, 0.717) is 26.1 Å². The Morgan fingerprint density at radius 1 is 1.20 bits per heavy atom. The predicted molar refractivity (Wildman–Crippen MR) is 147 cm³/mol. The number of carbonyl (C=O) groups excluding carboxylic acids is 4. The van der Waals surface area contributed by atoms with Crippen LogP contribution in [0.25, 0.3) is 0 Å². The molecule has 1 aromatic rings. The molecule has 1 aliphatic rings. The van der Waals surface area contributed by atoms with Gasteiger partial charge in [0.05, 0.1) is 25.7 Å². The van der Waals surface area contributed by atoms with Gasteiger partial charge >= 0.3 is 12.1 Å². The Hall–Kier alpha value is -3.87. The van der Waals surface area contributed by atoms with Crippen LogP contribution in [0.5, 0.6) is 0 Å². The maximum atomic E-state index is 13.7. The molecule has 0 radical (unpaired) electrons. The summed E-state index contributed by atoms with van der Waals surface area (Å²) in [4.78, 5) is 54.7. The van der Waals surface area contributed by atoms with E-state index in [4.69, 9.17) is 25.4 Å². The van der Waals surface area contributed by atoms with Crippen molar-refractivity contribution in [2.75, 3.05) is 39.4 Å². The second-order valence-electron chi connectivity index (χ2n) is 9.40. The minimum absolute atomic E-state index is 0.0236. The van der Waals surface area contributed by atoms with E-state index in [-0.39, 0.29) is 38.7 Å². The summed E-state index contributed by atoms with van der Waals surface area (Å²) < 4.78 is 16.0. The highest BCUT2D eigenvalue weighted by atomic mass is 16.5. The third-order valence-electron chi connectivity index (χ3n) is 6.33. The normalized spacial score (nSPS) is 16.3. The molecule has 0 saturated carbocycles. The number of alkyl carbamates (subject to hydrolysis) is 1. The van der Waals surface area contributed by atoms with Crippen LogP contribution in [0.2, 0.25) is 0 Å². The molecule has 1 aromatic carbocycles. The molecule has 3 amide bonds. The number of nitrogens with zero attached hydrogens (tertiary/aromatic N) is 2. The van der Waals surface area contributed by atoms with E-state index in [1.165, 1.54) is 4.90 Å². The molecule has 40 heavy (non-hydrogen) atoms. The van der Waals surface area contributed by atoms with Crippen molar-refractivity contribution in [3.8, 4) is 0 Å². The fourth-order valence-corrected chi connectivity index (χ4v) is 4.07. The molecule has 3 atom stereocenters. The van der Waals surface area contributed by atoms with Crippen molar-refractivity contribution < 1.29 is 33.4 Å². The fourth-order valence-electron chi connectivity index (χ4n) is 4.07. The van der Waals surface area contributed by atoms with E-state index >= 15 is 0 Å². The van der Waals surface area contributed by atoms with Crippen molar-refractivity contribution in [2.45, 2.75) is 64.8 Å². The Kier molecular flexibility index (Phi) is 13.7. The molecule has 1 fully saturated rings. The van der Waals surface area contributed by atoms with Gasteiger partial charge in [-0.25, -0.2) is 9.59 Å². The molecule has 13 heteroatoms. The highest BCUT2D eigenvalue weighted by Gasteiger charge is 2.34. The van der Waals surface area contributed by atoms with Crippen LogP contribution in [-0.4, -0.2) is 97.2 Å². The number of carbonyl (C=O) groups is 4. The molecule has 1 aliphatic heterocycles. The van der Waals surface area contributed by atoms with Crippen LogP contribution < -0.4 is 16.4 Å². The minimum Gasteiger partial charge on any atom is -0.464 e. The van der Waals surface area contributed by atoms with Crippen LogP contribution >= 0.6 is 0 Å². The largest absolute Gasteiger partial charge is 0.464 e. The lowest BCUT2D eigenvalue weighted by atomic mass is 10.1. The van der Waals surface area contributed by atoms with Gasteiger partial charge in [-0.15, -0.1) is 0 Å². The molecule has 2 unspecified atom stereocenters. The van der Waals surface area contributed by atoms with Gasteiger partial charge in [-0.1, -0.05) is 43.7 Å². The number of hydrogen-bond acceptors (Lipinski definition) is 8. The van der Waals surface area contributed by atoms with E-state index in [2.05, 4.69) is 10.6 Å². The maximum Gasteiger partial charge on any atom is 0.408 e. The maximum absolute atomic E-state index is 13.7. The molecule has 2 rings (SSSR count). The Labute approximate surface area is 235 Å². The summed E-state index contributed by atoms with van der Waals surface area (Å²) in [5, 5.41) is 12.8. The number of unbranched alkanes of at least 4 members (excludes halogenated alkanes) is 1. The van der Waals surface area contributed by atoms with Gasteiger partial charge in [0.15, 0.2) is 5.96 Å². The first-order valence-electron chi connectivity index (χ1n) is 13.6. The number of benzene rings is 1. The lowest BCUT2D eigenvalue weighted by molar-refractivity contribution is -0.155. The number of morpholine rings is 1. The smallest absolute Gasteiger partial charge is 0.408 e. The lowest BCUT2D eigenvalue weighted by Gasteiger charge is -2.33. The van der Waals surface area contributed by atoms with Gasteiger partial charge in [0.2, 0.25) is 11.8 Å². The van der Waals surface area contributed by atoms with Crippen molar-refractivity contribution in [1.82, 2.24) is 20.4 Å². The molecule has 0 bridgehead atoms. The van der Waals surface area contributed by atoms with Crippen molar-refractivity contribution in [1.29, 1.82) is 5.41 Å². The number of nitrogens with two attached hydrogens (primary N) is 1. The number of amides is 3. The Morgan fingerprint density at radius 2 is 1.93 bits per heavy atom. The third kappa shape index (κ3) is 10.7. The average molecular weight is 563 g/mol. The number of guanidine groups is 1. The molecule has 0 aliphatic carbocycles. The number of esters is 1. The van der Waals surface area contributed by atoms with Crippen molar-refractivity contribution in [2.24, 2.45) is 5.73 Å². The van der Waals surface area contributed by atoms with Gasteiger partial charge in [0.25, 0.3) is 0 Å². The summed E-state index contributed by atoms with van der Waals surface area (Å²) in [6.45, 7) is 6.84. The molecule has 1 saturated heterocycles. The monoisotopic (exact) mass is 562 g/mol.